The molecule has 9 heteroatoms. The molecule has 0 saturated carbocycles. The Morgan fingerprint density at radius 3 is 2.48 bits per heavy atom. The molecule has 4 rings (SSSR count). The molecule has 4 nitrogen and oxygen atoms in total. The van der Waals surface area contributed by atoms with Gasteiger partial charge >= 0.3 is 0 Å². The third kappa shape index (κ3) is 4.10. The van der Waals surface area contributed by atoms with Crippen molar-refractivity contribution in [2.24, 2.45) is 4.99 Å². The van der Waals surface area contributed by atoms with Gasteiger partial charge in [0.2, 0.25) is 0 Å². The van der Waals surface area contributed by atoms with Gasteiger partial charge < -0.3 is 4.90 Å². The zero-order valence-corrected chi connectivity index (χ0v) is 17.9. The van der Waals surface area contributed by atoms with Crippen molar-refractivity contribution in [3.05, 3.63) is 63.1 Å². The van der Waals surface area contributed by atoms with Crippen LogP contribution in [0.25, 0.3) is 0 Å². The van der Waals surface area contributed by atoms with Gasteiger partial charge in [-0.25, -0.2) is 8.42 Å². The van der Waals surface area contributed by atoms with E-state index in [1.54, 1.807) is 18.2 Å². The Kier molecular flexibility index (Phi) is 5.38. The van der Waals surface area contributed by atoms with E-state index in [2.05, 4.69) is 0 Å². The summed E-state index contributed by atoms with van der Waals surface area (Å²) in [5.41, 5.74) is 1.75. The summed E-state index contributed by atoms with van der Waals surface area (Å²) in [5, 5.41) is 2.45. The summed E-state index contributed by atoms with van der Waals surface area (Å²) in [5.74, 6) is 0.773. The van der Waals surface area contributed by atoms with E-state index >= 15 is 0 Å². The standard InChI is InChI=1S/C18H15Cl3N2O2S2/c19-12-5-13(20)7-14(6-12)23-17-10-27(24,25)9-16(17)22-18(23)26-8-11-3-1-2-4-15(11)21/h1-7,16-17H,8-10H2/t16-,17+/m1/s1. The van der Waals surface area contributed by atoms with Crippen LogP contribution in [0.15, 0.2) is 47.5 Å². The molecule has 0 N–H and O–H groups in total. The topological polar surface area (TPSA) is 49.7 Å². The average Bonchev–Trinajstić information content (AvgIpc) is 3.04. The molecule has 1 saturated heterocycles. The molecule has 2 atom stereocenters. The molecule has 1 fully saturated rings. The number of hydrogen-bond acceptors (Lipinski definition) is 5. The SMILES string of the molecule is O=S1(=O)C[C@H]2N=C(SCc3ccccc3Cl)N(c3cc(Cl)cc(Cl)c3)[C@H]2C1. The molecule has 0 radical (unpaired) electrons. The Balaban J connectivity index is 1.66. The maximum Gasteiger partial charge on any atom is 0.164 e. The van der Waals surface area contributed by atoms with Crippen LogP contribution < -0.4 is 4.90 Å². The van der Waals surface area contributed by atoms with Gasteiger partial charge in [0.25, 0.3) is 0 Å². The number of aliphatic imine (C=N–C) groups is 1. The first-order valence-electron chi connectivity index (χ1n) is 8.22. The number of halogens is 3. The summed E-state index contributed by atoms with van der Waals surface area (Å²) < 4.78 is 24.2. The Bertz CT molecular complexity index is 1010. The second kappa shape index (κ2) is 7.48. The van der Waals surface area contributed by atoms with Gasteiger partial charge in [0.05, 0.1) is 23.6 Å². The predicted molar refractivity (Wildman–Crippen MR) is 115 cm³/mol. The number of anilines is 1. The summed E-state index contributed by atoms with van der Waals surface area (Å²) in [7, 11) is -3.11. The van der Waals surface area contributed by atoms with E-state index in [1.807, 2.05) is 29.2 Å². The van der Waals surface area contributed by atoms with E-state index < -0.39 is 9.84 Å². The molecule has 0 spiro atoms. The molecule has 2 aromatic carbocycles. The molecular weight excluding hydrogens is 447 g/mol. The zero-order chi connectivity index (χ0) is 19.2. The van der Waals surface area contributed by atoms with E-state index in [-0.39, 0.29) is 23.6 Å². The molecule has 0 aliphatic carbocycles. The maximum absolute atomic E-state index is 12.1. The molecule has 142 valence electrons. The highest BCUT2D eigenvalue weighted by Crippen LogP contribution is 2.38. The van der Waals surface area contributed by atoms with E-state index in [0.717, 1.165) is 16.4 Å². The van der Waals surface area contributed by atoms with Crippen molar-refractivity contribution < 1.29 is 8.42 Å². The lowest BCUT2D eigenvalue weighted by molar-refractivity contribution is 0.601. The summed E-state index contributed by atoms with van der Waals surface area (Å²) >= 11 is 20.1. The highest BCUT2D eigenvalue weighted by atomic mass is 35.5. The van der Waals surface area contributed by atoms with Gasteiger partial charge in [-0.1, -0.05) is 64.8 Å². The third-order valence-corrected chi connectivity index (χ3v) is 8.07. The molecule has 2 aromatic rings. The normalized spacial score (nSPS) is 23.4. The first kappa shape index (κ1) is 19.4. The van der Waals surface area contributed by atoms with Crippen LogP contribution in [0, 0.1) is 0 Å². The molecule has 0 amide bonds. The lowest BCUT2D eigenvalue weighted by Crippen LogP contribution is -2.39. The summed E-state index contributed by atoms with van der Waals surface area (Å²) in [6, 6.07) is 12.4. The number of thioether (sulfide) groups is 1. The number of fused-ring (bicyclic) bond motifs is 1. The second-order valence-corrected chi connectivity index (χ2v) is 10.9. The largest absolute Gasteiger partial charge is 0.315 e. The van der Waals surface area contributed by atoms with Gasteiger partial charge in [0.1, 0.15) is 0 Å². The monoisotopic (exact) mass is 460 g/mol. The molecule has 2 heterocycles. The highest BCUT2D eigenvalue weighted by molar-refractivity contribution is 8.13. The van der Waals surface area contributed by atoms with Crippen LogP contribution >= 0.6 is 46.6 Å². The Morgan fingerprint density at radius 1 is 1.07 bits per heavy atom. The fourth-order valence-electron chi connectivity index (χ4n) is 3.37. The van der Waals surface area contributed by atoms with E-state index in [0.29, 0.717) is 20.8 Å². The van der Waals surface area contributed by atoms with Crippen LogP contribution in [0.1, 0.15) is 5.56 Å². The van der Waals surface area contributed by atoms with Crippen molar-refractivity contribution in [3.8, 4) is 0 Å². The zero-order valence-electron chi connectivity index (χ0n) is 14.0. The minimum atomic E-state index is -3.11. The lowest BCUT2D eigenvalue weighted by Gasteiger charge is -2.27. The number of hydrogen-bond donors (Lipinski definition) is 0. The van der Waals surface area contributed by atoms with Crippen molar-refractivity contribution in [1.29, 1.82) is 0 Å². The van der Waals surface area contributed by atoms with Crippen LogP contribution in [-0.2, 0) is 15.6 Å². The van der Waals surface area contributed by atoms with Crippen molar-refractivity contribution in [2.45, 2.75) is 17.8 Å². The maximum atomic E-state index is 12.1. The van der Waals surface area contributed by atoms with Crippen LogP contribution in [-0.4, -0.2) is 37.2 Å². The molecule has 2 aliphatic heterocycles. The van der Waals surface area contributed by atoms with Gasteiger partial charge in [0, 0.05) is 26.5 Å². The lowest BCUT2D eigenvalue weighted by atomic mass is 10.1. The van der Waals surface area contributed by atoms with Crippen LogP contribution in [0.2, 0.25) is 15.1 Å². The average molecular weight is 462 g/mol. The molecule has 0 bridgehead atoms. The van der Waals surface area contributed by atoms with Crippen LogP contribution in [0.3, 0.4) is 0 Å². The minimum absolute atomic E-state index is 0.0681. The van der Waals surface area contributed by atoms with Crippen molar-refractivity contribution >= 4 is 67.3 Å². The minimum Gasteiger partial charge on any atom is -0.315 e. The number of amidine groups is 1. The highest BCUT2D eigenvalue weighted by Gasteiger charge is 2.47. The summed E-state index contributed by atoms with van der Waals surface area (Å²) in [4.78, 5) is 6.66. The predicted octanol–water partition coefficient (Wildman–Crippen LogP) is 4.92. The molecule has 0 aromatic heterocycles. The fourth-order valence-corrected chi connectivity index (χ4v) is 7.14. The Hall–Kier alpha value is -0.920. The smallest absolute Gasteiger partial charge is 0.164 e. The molecule has 0 unspecified atom stereocenters. The van der Waals surface area contributed by atoms with Gasteiger partial charge in [-0.2, -0.15) is 0 Å². The first-order valence-corrected chi connectivity index (χ1v) is 12.2. The quantitative estimate of drug-likeness (QED) is 0.651. The molecule has 27 heavy (non-hydrogen) atoms. The van der Waals surface area contributed by atoms with Gasteiger partial charge in [-0.15, -0.1) is 0 Å². The first-order chi connectivity index (χ1) is 12.8. The van der Waals surface area contributed by atoms with Crippen molar-refractivity contribution in [1.82, 2.24) is 0 Å². The number of rotatable bonds is 3. The fraction of sp³-hybridized carbons (Fsp3) is 0.278. The molecule has 2 aliphatic rings. The summed E-state index contributed by atoms with van der Waals surface area (Å²) in [6.07, 6.45) is 0. The van der Waals surface area contributed by atoms with Gasteiger partial charge in [0.15, 0.2) is 15.0 Å². The number of benzene rings is 2. The van der Waals surface area contributed by atoms with Gasteiger partial charge in [-0.05, 0) is 29.8 Å². The number of sulfone groups is 1. The molecular formula is C18H15Cl3N2O2S2. The van der Waals surface area contributed by atoms with Crippen molar-refractivity contribution in [2.75, 3.05) is 16.4 Å². The van der Waals surface area contributed by atoms with E-state index in [1.165, 1.54) is 11.8 Å². The van der Waals surface area contributed by atoms with Crippen LogP contribution in [0.4, 0.5) is 5.69 Å². The summed E-state index contributed by atoms with van der Waals surface area (Å²) in [6.45, 7) is 0. The number of nitrogens with zero attached hydrogens (tertiary/aromatic N) is 2. The van der Waals surface area contributed by atoms with Gasteiger partial charge in [-0.3, -0.25) is 4.99 Å². The Labute approximate surface area is 177 Å². The van der Waals surface area contributed by atoms with E-state index in [4.69, 9.17) is 39.8 Å². The Morgan fingerprint density at radius 2 is 1.78 bits per heavy atom. The van der Waals surface area contributed by atoms with E-state index in [9.17, 15) is 8.42 Å². The van der Waals surface area contributed by atoms with Crippen molar-refractivity contribution in [3.63, 3.8) is 0 Å². The second-order valence-electron chi connectivity index (χ2n) is 6.50. The van der Waals surface area contributed by atoms with Crippen LogP contribution in [0.5, 0.6) is 0 Å². The third-order valence-electron chi connectivity index (χ3n) is 4.55.